The zero-order valence-corrected chi connectivity index (χ0v) is 22.1. The first-order chi connectivity index (χ1) is 16.8. The number of piperidine rings is 2. The summed E-state index contributed by atoms with van der Waals surface area (Å²) >= 11 is 0. The smallest absolute Gasteiger partial charge is 0.410 e. The number of carbonyl (C=O) groups excluding carboxylic acids is 1. The number of aromatic nitrogens is 2. The van der Waals surface area contributed by atoms with Crippen molar-refractivity contribution in [3.05, 3.63) is 35.9 Å². The van der Waals surface area contributed by atoms with Gasteiger partial charge in [-0.15, -0.1) is 0 Å². The van der Waals surface area contributed by atoms with Gasteiger partial charge < -0.3 is 19.7 Å². The van der Waals surface area contributed by atoms with Crippen molar-refractivity contribution < 1.29 is 27.1 Å². The molecule has 2 aliphatic heterocycles. The first-order valence-electron chi connectivity index (χ1n) is 12.1. The molecule has 9 nitrogen and oxygen atoms in total. The average Bonchev–Trinajstić information content (AvgIpc) is 2.75. The molecule has 2 saturated heterocycles. The van der Waals surface area contributed by atoms with E-state index in [2.05, 4.69) is 15.3 Å². The molecular weight excluding hydrogens is 487 g/mol. The molecule has 2 aromatic rings. The Labute approximate surface area is 211 Å². The van der Waals surface area contributed by atoms with Crippen LogP contribution in [0.1, 0.15) is 58.4 Å². The predicted octanol–water partition coefficient (Wildman–Crippen LogP) is 4.77. The third kappa shape index (κ3) is 5.88. The topological polar surface area (TPSA) is 111 Å². The third-order valence-corrected chi connectivity index (χ3v) is 7.58. The van der Waals surface area contributed by atoms with E-state index in [-0.39, 0.29) is 34.9 Å². The number of carbonyl (C=O) groups is 1. The van der Waals surface area contributed by atoms with Crippen LogP contribution in [0.3, 0.4) is 0 Å². The molecule has 2 unspecified atom stereocenters. The van der Waals surface area contributed by atoms with Crippen molar-refractivity contribution in [1.82, 2.24) is 14.9 Å². The first kappa shape index (κ1) is 26.1. The molecule has 1 aromatic carbocycles. The quantitative estimate of drug-likeness (QED) is 0.600. The standard InChI is InChI=1S/C25H33FN4O5S/c1-15-22(29-21-10-9-19(13-20(21)26)36(5,32)33)27-14-28-23(15)34-18-11-16-7-6-8-17(12-18)30(16)24(31)35-25(2,3)4/h9-10,13-14,16-18H,6-8,11-12H2,1-5H3,(H,27,28,29). The number of benzene rings is 1. The van der Waals surface area contributed by atoms with Crippen LogP contribution >= 0.6 is 0 Å². The van der Waals surface area contributed by atoms with Crippen LogP contribution in [0.4, 0.5) is 20.7 Å². The van der Waals surface area contributed by atoms with Crippen LogP contribution in [-0.2, 0) is 14.6 Å². The van der Waals surface area contributed by atoms with E-state index in [1.54, 1.807) is 6.92 Å². The van der Waals surface area contributed by atoms with E-state index >= 15 is 0 Å². The summed E-state index contributed by atoms with van der Waals surface area (Å²) in [6.45, 7) is 7.38. The fourth-order valence-corrected chi connectivity index (χ4v) is 5.47. The SMILES string of the molecule is Cc1c(Nc2ccc(S(C)(=O)=O)cc2F)ncnc1OC1CC2CCCC(C1)N2C(=O)OC(C)(C)C. The zero-order valence-electron chi connectivity index (χ0n) is 21.2. The molecule has 1 N–H and O–H groups in total. The van der Waals surface area contributed by atoms with Crippen LogP contribution in [0, 0.1) is 12.7 Å². The Kier molecular flexibility index (Phi) is 7.14. The highest BCUT2D eigenvalue weighted by molar-refractivity contribution is 7.90. The second-order valence-electron chi connectivity index (χ2n) is 10.5. The van der Waals surface area contributed by atoms with Gasteiger partial charge in [-0.05, 0) is 65.2 Å². The van der Waals surface area contributed by atoms with Crippen LogP contribution < -0.4 is 10.1 Å². The lowest BCUT2D eigenvalue weighted by atomic mass is 9.83. The highest BCUT2D eigenvalue weighted by Crippen LogP contribution is 2.37. The van der Waals surface area contributed by atoms with Crippen molar-refractivity contribution in [3.63, 3.8) is 0 Å². The lowest BCUT2D eigenvalue weighted by molar-refractivity contribution is -0.0413. The van der Waals surface area contributed by atoms with Gasteiger partial charge in [0.1, 0.15) is 29.7 Å². The second kappa shape index (κ2) is 9.84. The van der Waals surface area contributed by atoms with Crippen LogP contribution in [0.2, 0.25) is 0 Å². The van der Waals surface area contributed by atoms with Gasteiger partial charge in [-0.25, -0.2) is 27.6 Å². The summed E-state index contributed by atoms with van der Waals surface area (Å²) in [5.74, 6) is 0.0348. The largest absolute Gasteiger partial charge is 0.474 e. The lowest BCUT2D eigenvalue weighted by Crippen LogP contribution is -2.57. The molecule has 4 rings (SSSR count). The molecule has 2 fully saturated rings. The average molecular weight is 521 g/mol. The Bertz CT molecular complexity index is 1230. The van der Waals surface area contributed by atoms with Crippen molar-refractivity contribution >= 4 is 27.4 Å². The summed E-state index contributed by atoms with van der Waals surface area (Å²) < 4.78 is 49.9. The molecule has 0 radical (unpaired) electrons. The van der Waals surface area contributed by atoms with Gasteiger partial charge in [0.25, 0.3) is 0 Å². The Balaban J connectivity index is 1.48. The molecule has 0 aliphatic carbocycles. The summed E-state index contributed by atoms with van der Waals surface area (Å²) in [6, 6.07) is 3.76. The first-order valence-corrected chi connectivity index (χ1v) is 14.0. The Morgan fingerprint density at radius 2 is 1.83 bits per heavy atom. The van der Waals surface area contributed by atoms with Gasteiger partial charge in [0, 0.05) is 31.2 Å². The number of amides is 1. The van der Waals surface area contributed by atoms with Crippen molar-refractivity contribution in [2.24, 2.45) is 0 Å². The number of nitrogens with one attached hydrogen (secondary N) is 1. The van der Waals surface area contributed by atoms with Gasteiger partial charge in [-0.1, -0.05) is 0 Å². The minimum Gasteiger partial charge on any atom is -0.474 e. The molecule has 0 spiro atoms. The Morgan fingerprint density at radius 1 is 1.17 bits per heavy atom. The molecular formula is C25H33FN4O5S. The molecule has 11 heteroatoms. The predicted molar refractivity (Wildman–Crippen MR) is 133 cm³/mol. The lowest BCUT2D eigenvalue weighted by Gasteiger charge is -2.48. The van der Waals surface area contributed by atoms with Crippen molar-refractivity contribution in [3.8, 4) is 5.88 Å². The molecule has 196 valence electrons. The van der Waals surface area contributed by atoms with E-state index in [0.29, 0.717) is 30.1 Å². The molecule has 0 saturated carbocycles. The van der Waals surface area contributed by atoms with Gasteiger partial charge in [-0.2, -0.15) is 0 Å². The number of anilines is 2. The number of hydrogen-bond donors (Lipinski definition) is 1. The maximum absolute atomic E-state index is 14.6. The fraction of sp³-hybridized carbons (Fsp3) is 0.560. The van der Waals surface area contributed by atoms with Crippen LogP contribution in [0.15, 0.2) is 29.4 Å². The summed E-state index contributed by atoms with van der Waals surface area (Å²) in [5, 5.41) is 2.91. The van der Waals surface area contributed by atoms with Crippen molar-refractivity contribution in [2.75, 3.05) is 11.6 Å². The van der Waals surface area contributed by atoms with Gasteiger partial charge in [-0.3, -0.25) is 0 Å². The summed E-state index contributed by atoms with van der Waals surface area (Å²) in [5.41, 5.74) is 0.143. The summed E-state index contributed by atoms with van der Waals surface area (Å²) in [7, 11) is -3.52. The normalized spacial score (nSPS) is 22.2. The minimum atomic E-state index is -3.52. The van der Waals surface area contributed by atoms with Gasteiger partial charge >= 0.3 is 6.09 Å². The highest BCUT2D eigenvalue weighted by atomic mass is 32.2. The minimum absolute atomic E-state index is 0.0412. The Morgan fingerprint density at radius 3 is 2.42 bits per heavy atom. The van der Waals surface area contributed by atoms with Crippen LogP contribution in [-0.4, -0.2) is 59.4 Å². The van der Waals surface area contributed by atoms with E-state index in [9.17, 15) is 17.6 Å². The third-order valence-electron chi connectivity index (χ3n) is 6.47. The molecule has 2 atom stereocenters. The van der Waals surface area contributed by atoms with E-state index in [1.807, 2.05) is 25.7 Å². The molecule has 36 heavy (non-hydrogen) atoms. The van der Waals surface area contributed by atoms with Crippen molar-refractivity contribution in [1.29, 1.82) is 0 Å². The zero-order chi connectivity index (χ0) is 26.3. The van der Waals surface area contributed by atoms with Gasteiger partial charge in [0.15, 0.2) is 9.84 Å². The summed E-state index contributed by atoms with van der Waals surface area (Å²) in [6.07, 6.45) is 6.15. The van der Waals surface area contributed by atoms with Gasteiger partial charge in [0.05, 0.1) is 16.1 Å². The van der Waals surface area contributed by atoms with E-state index in [0.717, 1.165) is 31.6 Å². The van der Waals surface area contributed by atoms with E-state index < -0.39 is 21.3 Å². The molecule has 1 amide bonds. The number of sulfone groups is 1. The number of nitrogens with zero attached hydrogens (tertiary/aromatic N) is 3. The molecule has 2 bridgehead atoms. The molecule has 3 heterocycles. The molecule has 1 aromatic heterocycles. The molecule has 2 aliphatic rings. The maximum Gasteiger partial charge on any atom is 0.410 e. The number of rotatable bonds is 5. The Hall–Kier alpha value is -2.95. The highest BCUT2D eigenvalue weighted by Gasteiger charge is 2.43. The van der Waals surface area contributed by atoms with E-state index in [4.69, 9.17) is 9.47 Å². The fourth-order valence-electron chi connectivity index (χ4n) is 4.83. The number of ether oxygens (including phenoxy) is 2. The van der Waals surface area contributed by atoms with Gasteiger partial charge in [0.2, 0.25) is 5.88 Å². The maximum atomic E-state index is 14.6. The number of fused-ring (bicyclic) bond motifs is 2. The van der Waals surface area contributed by atoms with Crippen LogP contribution in [0.25, 0.3) is 0 Å². The van der Waals surface area contributed by atoms with Crippen LogP contribution in [0.5, 0.6) is 5.88 Å². The summed E-state index contributed by atoms with van der Waals surface area (Å²) in [4.78, 5) is 23.1. The number of hydrogen-bond acceptors (Lipinski definition) is 8. The van der Waals surface area contributed by atoms with E-state index in [1.165, 1.54) is 18.5 Å². The van der Waals surface area contributed by atoms with Crippen molar-refractivity contribution in [2.45, 2.75) is 88.5 Å². The second-order valence-corrected chi connectivity index (χ2v) is 12.5. The monoisotopic (exact) mass is 520 g/mol. The number of halogens is 1.